The number of fused-ring (bicyclic) bond motifs is 2. The van der Waals surface area contributed by atoms with Crippen LogP contribution >= 0.6 is 0 Å². The van der Waals surface area contributed by atoms with Gasteiger partial charge in [-0.1, -0.05) is 97.1 Å². The fourth-order valence-corrected chi connectivity index (χ4v) is 4.63. The average Bonchev–Trinajstić information content (AvgIpc) is 2.92. The molecule has 0 fully saturated rings. The van der Waals surface area contributed by atoms with E-state index in [1.165, 1.54) is 5.56 Å². The first-order valence-corrected chi connectivity index (χ1v) is 11.7. The molecule has 168 valence electrons. The first kappa shape index (κ1) is 21.4. The molecule has 0 unspecified atom stereocenters. The Balaban J connectivity index is 1.59. The van der Waals surface area contributed by atoms with Gasteiger partial charge >= 0.3 is 7.12 Å². The zero-order valence-corrected chi connectivity index (χ0v) is 19.0. The number of nitrogens with zero attached hydrogens (tertiary/aromatic N) is 3. The Morgan fingerprint density at radius 3 is 2.17 bits per heavy atom. The zero-order chi connectivity index (χ0) is 23.8. The molecule has 0 aliphatic heterocycles. The summed E-state index contributed by atoms with van der Waals surface area (Å²) in [7, 11) is -1.52. The van der Waals surface area contributed by atoms with Gasteiger partial charge in [-0.05, 0) is 40.2 Å². The third-order valence-electron chi connectivity index (χ3n) is 6.44. The second-order valence-electron chi connectivity index (χ2n) is 8.65. The quantitative estimate of drug-likeness (QED) is 0.386. The Bertz CT molecular complexity index is 1570. The fraction of sp³-hybridized carbons (Fsp3) is 0.0690. The second-order valence-corrected chi connectivity index (χ2v) is 8.65. The number of hydrogen-bond donors (Lipinski definition) is 2. The molecule has 1 aliphatic rings. The monoisotopic (exact) mass is 455 g/mol. The van der Waals surface area contributed by atoms with Crippen molar-refractivity contribution in [2.75, 3.05) is 0 Å². The number of aromatic nitrogens is 3. The lowest BCUT2D eigenvalue weighted by Crippen LogP contribution is -2.29. The molecule has 1 aromatic heterocycles. The lowest BCUT2D eigenvalue weighted by molar-refractivity contribution is 0.426. The first-order valence-electron chi connectivity index (χ1n) is 11.7. The maximum atomic E-state index is 9.49. The van der Waals surface area contributed by atoms with Crippen LogP contribution in [0.3, 0.4) is 0 Å². The van der Waals surface area contributed by atoms with Crippen LogP contribution in [0.15, 0.2) is 91.0 Å². The van der Waals surface area contributed by atoms with Gasteiger partial charge in [0.05, 0.1) is 0 Å². The molecule has 0 atom stereocenters. The summed E-state index contributed by atoms with van der Waals surface area (Å²) in [4.78, 5) is 14.7. The van der Waals surface area contributed by atoms with Crippen molar-refractivity contribution in [3.63, 3.8) is 0 Å². The summed E-state index contributed by atoms with van der Waals surface area (Å²) in [5.74, 6) is 1.76. The van der Waals surface area contributed by atoms with Crippen molar-refractivity contribution < 1.29 is 10.0 Å². The number of benzene rings is 4. The van der Waals surface area contributed by atoms with Gasteiger partial charge < -0.3 is 10.0 Å². The molecule has 0 radical (unpaired) electrons. The van der Waals surface area contributed by atoms with Crippen LogP contribution in [0.4, 0.5) is 0 Å². The highest BCUT2D eigenvalue weighted by atomic mass is 16.4. The molecule has 6 rings (SSSR count). The van der Waals surface area contributed by atoms with E-state index in [1.54, 1.807) is 24.3 Å². The SMILES string of the molecule is OB(O)c1ccc(-c2nc(-c3cccc4c3C=CCC4)nc(-c3cccc4ccccc34)n2)cc1. The molecule has 0 amide bonds. The molecule has 1 aliphatic carbocycles. The first-order chi connectivity index (χ1) is 17.2. The molecule has 5 nitrogen and oxygen atoms in total. The Morgan fingerprint density at radius 2 is 1.34 bits per heavy atom. The number of rotatable bonds is 4. The van der Waals surface area contributed by atoms with Crippen LogP contribution in [-0.2, 0) is 6.42 Å². The van der Waals surface area contributed by atoms with Gasteiger partial charge in [0, 0.05) is 16.7 Å². The fourth-order valence-electron chi connectivity index (χ4n) is 4.63. The normalized spacial score (nSPS) is 12.5. The molecule has 35 heavy (non-hydrogen) atoms. The third-order valence-corrected chi connectivity index (χ3v) is 6.44. The summed E-state index contributed by atoms with van der Waals surface area (Å²) in [5, 5.41) is 21.2. The van der Waals surface area contributed by atoms with Crippen LogP contribution in [0.5, 0.6) is 0 Å². The minimum Gasteiger partial charge on any atom is -0.423 e. The maximum Gasteiger partial charge on any atom is 0.488 e. The zero-order valence-electron chi connectivity index (χ0n) is 19.0. The van der Waals surface area contributed by atoms with E-state index < -0.39 is 7.12 Å². The van der Waals surface area contributed by atoms with Crippen LogP contribution in [0.2, 0.25) is 0 Å². The summed E-state index contributed by atoms with van der Waals surface area (Å²) < 4.78 is 0. The van der Waals surface area contributed by atoms with Crippen molar-refractivity contribution in [3.05, 3.63) is 102 Å². The highest BCUT2D eigenvalue weighted by molar-refractivity contribution is 6.58. The smallest absolute Gasteiger partial charge is 0.423 e. The van der Waals surface area contributed by atoms with E-state index in [0.717, 1.165) is 45.9 Å². The van der Waals surface area contributed by atoms with Crippen molar-refractivity contribution in [3.8, 4) is 34.2 Å². The highest BCUT2D eigenvalue weighted by Crippen LogP contribution is 2.33. The Kier molecular flexibility index (Phi) is 5.45. The summed E-state index contributed by atoms with van der Waals surface area (Å²) in [6.07, 6.45) is 6.38. The lowest BCUT2D eigenvalue weighted by Gasteiger charge is -2.15. The van der Waals surface area contributed by atoms with E-state index in [-0.39, 0.29) is 0 Å². The van der Waals surface area contributed by atoms with Crippen molar-refractivity contribution in [1.29, 1.82) is 0 Å². The molecule has 0 spiro atoms. The van der Waals surface area contributed by atoms with Crippen LogP contribution < -0.4 is 5.46 Å². The van der Waals surface area contributed by atoms with E-state index >= 15 is 0 Å². The van der Waals surface area contributed by atoms with Gasteiger partial charge in [-0.15, -0.1) is 0 Å². The summed E-state index contributed by atoms with van der Waals surface area (Å²) >= 11 is 0. The largest absolute Gasteiger partial charge is 0.488 e. The van der Waals surface area contributed by atoms with E-state index in [0.29, 0.717) is 22.9 Å². The molecule has 2 N–H and O–H groups in total. The summed E-state index contributed by atoms with van der Waals surface area (Å²) in [6.45, 7) is 0. The molecular formula is C29H22BN3O2. The van der Waals surface area contributed by atoms with Gasteiger partial charge in [0.2, 0.25) is 0 Å². The Morgan fingerprint density at radius 1 is 0.657 bits per heavy atom. The molecule has 0 saturated heterocycles. The predicted molar refractivity (Wildman–Crippen MR) is 141 cm³/mol. The van der Waals surface area contributed by atoms with Gasteiger partial charge in [-0.3, -0.25) is 0 Å². The molecule has 5 aromatic rings. The van der Waals surface area contributed by atoms with Crippen molar-refractivity contribution in [2.45, 2.75) is 12.8 Å². The van der Waals surface area contributed by atoms with E-state index in [9.17, 15) is 10.0 Å². The van der Waals surface area contributed by atoms with Gasteiger partial charge in [0.1, 0.15) is 0 Å². The summed E-state index contributed by atoms with van der Waals surface area (Å²) in [5.41, 5.74) is 5.56. The Labute approximate surface area is 203 Å². The molecular weight excluding hydrogens is 433 g/mol. The van der Waals surface area contributed by atoms with Gasteiger partial charge in [0.15, 0.2) is 17.5 Å². The molecule has 1 heterocycles. The topological polar surface area (TPSA) is 79.1 Å². The Hall–Kier alpha value is -4.13. The maximum absolute atomic E-state index is 9.49. The van der Waals surface area contributed by atoms with Crippen LogP contribution in [0, 0.1) is 0 Å². The van der Waals surface area contributed by atoms with Crippen molar-refractivity contribution in [1.82, 2.24) is 15.0 Å². The van der Waals surface area contributed by atoms with Crippen molar-refractivity contribution in [2.24, 2.45) is 0 Å². The lowest BCUT2D eigenvalue weighted by atomic mass is 9.80. The van der Waals surface area contributed by atoms with Crippen LogP contribution in [0.1, 0.15) is 17.5 Å². The molecule has 0 saturated carbocycles. The molecule has 6 heteroatoms. The van der Waals surface area contributed by atoms with Crippen LogP contribution in [0.25, 0.3) is 51.0 Å². The highest BCUT2D eigenvalue weighted by Gasteiger charge is 2.18. The van der Waals surface area contributed by atoms with Crippen molar-refractivity contribution >= 4 is 29.4 Å². The van der Waals surface area contributed by atoms with E-state index in [1.807, 2.05) is 24.3 Å². The van der Waals surface area contributed by atoms with Gasteiger partial charge in [-0.25, -0.2) is 15.0 Å². The predicted octanol–water partition coefficient (Wildman–Crippen LogP) is 4.67. The minimum atomic E-state index is -1.52. The van der Waals surface area contributed by atoms with Gasteiger partial charge in [-0.2, -0.15) is 0 Å². The number of aryl methyl sites for hydroxylation is 1. The summed E-state index contributed by atoms with van der Waals surface area (Å²) in [6, 6.07) is 27.6. The minimum absolute atomic E-state index is 0.416. The molecule has 0 bridgehead atoms. The van der Waals surface area contributed by atoms with Crippen LogP contribution in [-0.4, -0.2) is 32.1 Å². The number of hydrogen-bond acceptors (Lipinski definition) is 5. The van der Waals surface area contributed by atoms with E-state index in [2.05, 4.69) is 48.6 Å². The second kappa shape index (κ2) is 8.91. The molecule has 4 aromatic carbocycles. The third kappa shape index (κ3) is 4.03. The average molecular weight is 455 g/mol. The standard InChI is InChI=1S/C29H22BN3O2/c34-30(35)22-17-15-21(16-18-22)27-31-28(25-13-5-9-19-7-1-3-11-23(19)25)33-29(32-27)26-14-6-10-20-8-2-4-12-24(20)26/h1,3-7,9-18,34-35H,2,8H2. The number of allylic oxidation sites excluding steroid dienone is 1. The van der Waals surface area contributed by atoms with E-state index in [4.69, 9.17) is 15.0 Å². The van der Waals surface area contributed by atoms with Gasteiger partial charge in [0.25, 0.3) is 0 Å².